The molecule has 0 spiro atoms. The highest BCUT2D eigenvalue weighted by Crippen LogP contribution is 2.24. The van der Waals surface area contributed by atoms with Crippen molar-refractivity contribution < 1.29 is 24.0 Å². The first-order valence-corrected chi connectivity index (χ1v) is 6.73. The first-order valence-electron chi connectivity index (χ1n) is 6.73. The number of nitrogens with zero attached hydrogens (tertiary/aromatic N) is 3. The van der Waals surface area contributed by atoms with Gasteiger partial charge in [-0.3, -0.25) is 10.1 Å². The second-order valence-electron chi connectivity index (χ2n) is 4.87. The fraction of sp³-hybridized carbons (Fsp3) is 0.0714. The molecule has 1 aliphatic heterocycles. The predicted molar refractivity (Wildman–Crippen MR) is 79.8 cm³/mol. The van der Waals surface area contributed by atoms with Gasteiger partial charge in [0.15, 0.2) is 6.54 Å². The largest absolute Gasteiger partial charge is 0.618 e. The Hall–Kier alpha value is -3.37. The Morgan fingerprint density at radius 2 is 1.92 bits per heavy atom. The molecular weight excluding hydrogens is 320 g/mol. The van der Waals surface area contributed by atoms with Crippen LogP contribution in [0.15, 0.2) is 45.9 Å². The summed E-state index contributed by atoms with van der Waals surface area (Å²) in [6.45, 7) is -0.385. The van der Waals surface area contributed by atoms with Crippen LogP contribution in [0, 0.1) is 15.3 Å². The summed E-state index contributed by atoms with van der Waals surface area (Å²) >= 11 is 0. The van der Waals surface area contributed by atoms with E-state index in [4.69, 9.17) is 4.42 Å². The zero-order valence-electron chi connectivity index (χ0n) is 12.0. The Bertz CT molecular complexity index is 841. The van der Waals surface area contributed by atoms with Gasteiger partial charge in [-0.2, -0.15) is 10.1 Å². The Morgan fingerprint density at radius 3 is 2.50 bits per heavy atom. The van der Waals surface area contributed by atoms with Gasteiger partial charge < -0.3 is 9.62 Å². The second-order valence-corrected chi connectivity index (χ2v) is 4.87. The van der Waals surface area contributed by atoms with Gasteiger partial charge in [0, 0.05) is 17.7 Å². The van der Waals surface area contributed by atoms with Crippen molar-refractivity contribution in [3.63, 3.8) is 0 Å². The summed E-state index contributed by atoms with van der Waals surface area (Å²) in [5.41, 5.74) is 0.594. The number of carbonyl (C=O) groups excluding carboxylic acids is 2. The lowest BCUT2D eigenvalue weighted by Crippen LogP contribution is -3.10. The molecule has 1 aromatic carbocycles. The third-order valence-electron chi connectivity index (χ3n) is 3.29. The summed E-state index contributed by atoms with van der Waals surface area (Å²) in [6, 6.07) is 8.02. The first kappa shape index (κ1) is 15.5. The molecule has 10 nitrogen and oxygen atoms in total. The molecule has 24 heavy (non-hydrogen) atoms. The number of quaternary nitrogens is 1. The number of hydrogen-bond acceptors (Lipinski definition) is 7. The molecule has 1 fully saturated rings. The number of nitro groups is 1. The number of non-ortho nitro benzene ring substituents is 1. The van der Waals surface area contributed by atoms with Crippen molar-refractivity contribution >= 4 is 23.8 Å². The Labute approximate surface area is 134 Å². The van der Waals surface area contributed by atoms with Gasteiger partial charge in [0.2, 0.25) is 0 Å². The number of rotatable bonds is 4. The SMILES string of the molecule is O=C1CN(/N=C/c2ccc(-c3ccc([N+](=O)[O-])cc3)o2)C(=O)[NH+]1[O-]. The fourth-order valence-electron chi connectivity index (χ4n) is 2.06. The molecule has 0 radical (unpaired) electrons. The van der Waals surface area contributed by atoms with Crippen LogP contribution >= 0.6 is 0 Å². The number of hydrazone groups is 1. The smallest absolute Gasteiger partial charge is 0.445 e. The molecule has 1 unspecified atom stereocenters. The monoisotopic (exact) mass is 330 g/mol. The quantitative estimate of drug-likeness (QED) is 0.286. The summed E-state index contributed by atoms with van der Waals surface area (Å²) in [5, 5.41) is 25.2. The second kappa shape index (κ2) is 6.02. The van der Waals surface area contributed by atoms with Crippen molar-refractivity contribution in [2.24, 2.45) is 5.10 Å². The average Bonchev–Trinajstić information content (AvgIpc) is 3.14. The number of furan rings is 1. The van der Waals surface area contributed by atoms with Gasteiger partial charge in [0.05, 0.1) is 11.1 Å². The summed E-state index contributed by atoms with van der Waals surface area (Å²) in [7, 11) is 0. The number of amides is 3. The van der Waals surface area contributed by atoms with Crippen LogP contribution < -0.4 is 5.06 Å². The number of nitrogens with one attached hydrogen (secondary N) is 1. The molecule has 0 saturated carbocycles. The fourth-order valence-corrected chi connectivity index (χ4v) is 2.06. The summed E-state index contributed by atoms with van der Waals surface area (Å²) in [5.74, 6) is -0.0580. The van der Waals surface area contributed by atoms with Gasteiger partial charge in [-0.1, -0.05) is 0 Å². The van der Waals surface area contributed by atoms with Gasteiger partial charge in [-0.15, -0.1) is 0 Å². The molecule has 10 heteroatoms. The number of hydroxylamine groups is 2. The lowest BCUT2D eigenvalue weighted by atomic mass is 10.1. The Kier molecular flexibility index (Phi) is 3.90. The minimum atomic E-state index is -1.09. The third kappa shape index (κ3) is 2.91. The van der Waals surface area contributed by atoms with E-state index in [-0.39, 0.29) is 12.2 Å². The molecule has 1 saturated heterocycles. The molecule has 1 N–H and O–H groups in total. The Balaban J connectivity index is 1.74. The third-order valence-corrected chi connectivity index (χ3v) is 3.29. The van der Waals surface area contributed by atoms with Crippen molar-refractivity contribution in [2.45, 2.75) is 0 Å². The highest BCUT2D eigenvalue weighted by atomic mass is 16.6. The molecule has 3 amide bonds. The van der Waals surface area contributed by atoms with Crippen molar-refractivity contribution in [2.75, 3.05) is 6.54 Å². The lowest BCUT2D eigenvalue weighted by molar-refractivity contribution is -0.665. The van der Waals surface area contributed by atoms with Crippen molar-refractivity contribution in [1.29, 1.82) is 0 Å². The van der Waals surface area contributed by atoms with Crippen LogP contribution in [0.3, 0.4) is 0 Å². The molecule has 1 aromatic heterocycles. The highest BCUT2D eigenvalue weighted by Gasteiger charge is 2.37. The lowest BCUT2D eigenvalue weighted by Gasteiger charge is -2.07. The number of hydrogen-bond donors (Lipinski definition) is 1. The zero-order valence-corrected chi connectivity index (χ0v) is 12.0. The van der Waals surface area contributed by atoms with Crippen LogP contribution in [-0.2, 0) is 4.79 Å². The van der Waals surface area contributed by atoms with Gasteiger partial charge in [0.25, 0.3) is 5.69 Å². The van der Waals surface area contributed by atoms with Gasteiger partial charge in [0.1, 0.15) is 11.5 Å². The topological polar surface area (TPSA) is 134 Å². The molecule has 2 heterocycles. The van der Waals surface area contributed by atoms with E-state index in [9.17, 15) is 24.9 Å². The minimum Gasteiger partial charge on any atom is -0.618 e. The van der Waals surface area contributed by atoms with Crippen LogP contribution in [0.2, 0.25) is 0 Å². The van der Waals surface area contributed by atoms with Crippen molar-refractivity contribution in [1.82, 2.24) is 5.01 Å². The van der Waals surface area contributed by atoms with Crippen molar-refractivity contribution in [3.8, 4) is 11.3 Å². The van der Waals surface area contributed by atoms with E-state index < -0.39 is 21.9 Å². The van der Waals surface area contributed by atoms with E-state index >= 15 is 0 Å². The maximum Gasteiger partial charge on any atom is 0.445 e. The van der Waals surface area contributed by atoms with E-state index in [2.05, 4.69) is 5.10 Å². The minimum absolute atomic E-state index is 0.0334. The van der Waals surface area contributed by atoms with Crippen LogP contribution in [0.25, 0.3) is 11.3 Å². The maximum atomic E-state index is 11.4. The van der Waals surface area contributed by atoms with Crippen molar-refractivity contribution in [3.05, 3.63) is 57.5 Å². The van der Waals surface area contributed by atoms with Crippen LogP contribution in [0.4, 0.5) is 10.5 Å². The van der Waals surface area contributed by atoms with E-state index in [0.29, 0.717) is 17.1 Å². The van der Waals surface area contributed by atoms with Gasteiger partial charge in [-0.05, 0) is 24.3 Å². The van der Waals surface area contributed by atoms with Crippen LogP contribution in [0.5, 0.6) is 0 Å². The first-order chi connectivity index (χ1) is 11.5. The Morgan fingerprint density at radius 1 is 1.21 bits per heavy atom. The van der Waals surface area contributed by atoms with E-state index in [1.54, 1.807) is 24.3 Å². The van der Waals surface area contributed by atoms with E-state index in [1.165, 1.54) is 18.3 Å². The number of imide groups is 1. The molecule has 1 atom stereocenters. The van der Waals surface area contributed by atoms with Crippen LogP contribution in [-0.4, -0.2) is 34.6 Å². The molecule has 0 aliphatic carbocycles. The molecule has 122 valence electrons. The molecule has 0 bridgehead atoms. The number of urea groups is 1. The van der Waals surface area contributed by atoms with E-state index in [0.717, 1.165) is 5.01 Å². The van der Waals surface area contributed by atoms with Gasteiger partial charge >= 0.3 is 11.9 Å². The normalized spacial score (nSPS) is 17.9. The highest BCUT2D eigenvalue weighted by molar-refractivity contribution is 5.89. The molecular formula is C14H10N4O6. The standard InChI is InChI=1S/C14H10N4O6/c19-13-8-16(14(20)17(13)21)15-7-11-5-6-12(24-11)9-1-3-10(4-2-9)18(22)23/h1-7,17H,8H2/b15-7+. The van der Waals surface area contributed by atoms with Gasteiger partial charge in [-0.25, -0.2) is 14.7 Å². The van der Waals surface area contributed by atoms with E-state index in [1.807, 2.05) is 0 Å². The number of nitro benzene ring substituents is 1. The molecule has 3 rings (SSSR count). The number of benzene rings is 1. The zero-order chi connectivity index (χ0) is 17.3. The summed E-state index contributed by atoms with van der Waals surface area (Å²) in [4.78, 5) is 32.6. The number of carbonyl (C=O) groups is 2. The summed E-state index contributed by atoms with van der Waals surface area (Å²) in [6.07, 6.45) is 1.21. The average molecular weight is 330 g/mol. The summed E-state index contributed by atoms with van der Waals surface area (Å²) < 4.78 is 5.49. The molecule has 1 aliphatic rings. The maximum absolute atomic E-state index is 11.4. The molecule has 2 aromatic rings. The van der Waals surface area contributed by atoms with Crippen LogP contribution in [0.1, 0.15) is 5.76 Å². The predicted octanol–water partition coefficient (Wildman–Crippen LogP) is 0.534.